The fourth-order valence-electron chi connectivity index (χ4n) is 2.21. The number of carbonyl (C=O) groups excluding carboxylic acids is 1. The van der Waals surface area contributed by atoms with Gasteiger partial charge in [0.25, 0.3) is 0 Å². The van der Waals surface area contributed by atoms with Crippen LogP contribution in [0, 0.1) is 6.92 Å². The number of benzene rings is 1. The molecule has 1 aromatic heterocycles. The van der Waals surface area contributed by atoms with Crippen LogP contribution in [0.3, 0.4) is 0 Å². The molecule has 2 rings (SSSR count). The molecule has 1 aromatic carbocycles. The Bertz CT molecular complexity index is 882. The second kappa shape index (κ2) is 11.9. The summed E-state index contributed by atoms with van der Waals surface area (Å²) in [5, 5.41) is 7.98. The van der Waals surface area contributed by atoms with E-state index in [2.05, 4.69) is 24.9 Å². The number of aryl methyl sites for hydroxylation is 1. The molecular formula is C19H22F3N3O4S. The molecule has 0 bridgehead atoms. The van der Waals surface area contributed by atoms with Gasteiger partial charge in [-0.1, -0.05) is 42.4 Å². The van der Waals surface area contributed by atoms with Crippen molar-refractivity contribution < 1.29 is 32.4 Å². The maximum absolute atomic E-state index is 13.2. The van der Waals surface area contributed by atoms with Crippen molar-refractivity contribution in [2.75, 3.05) is 14.2 Å². The van der Waals surface area contributed by atoms with Crippen LogP contribution in [0.2, 0.25) is 0 Å². The van der Waals surface area contributed by atoms with Crippen molar-refractivity contribution in [1.29, 1.82) is 0 Å². The fraction of sp³-hybridized carbons (Fsp3) is 0.368. The number of carbonyl (C=O) groups is 1. The van der Waals surface area contributed by atoms with Crippen molar-refractivity contribution >= 4 is 28.7 Å². The molecule has 11 heteroatoms. The molecule has 0 radical (unpaired) electrons. The van der Waals surface area contributed by atoms with Crippen LogP contribution in [-0.4, -0.2) is 42.8 Å². The normalized spacial score (nSPS) is 12.0. The number of alkyl halides is 3. The zero-order valence-electron chi connectivity index (χ0n) is 17.1. The molecule has 0 unspecified atom stereocenters. The lowest BCUT2D eigenvalue weighted by Crippen LogP contribution is -2.24. The van der Waals surface area contributed by atoms with Crippen molar-refractivity contribution in [3.63, 3.8) is 0 Å². The smallest absolute Gasteiger partial charge is 0.439 e. The Hall–Kier alpha value is -2.95. The molecule has 0 fully saturated rings. The van der Waals surface area contributed by atoms with Crippen molar-refractivity contribution in [3.8, 4) is 0 Å². The van der Waals surface area contributed by atoms with Gasteiger partial charge in [-0.15, -0.1) is 11.3 Å². The van der Waals surface area contributed by atoms with E-state index in [1.807, 2.05) is 13.8 Å². The van der Waals surface area contributed by atoms with Gasteiger partial charge in [0.1, 0.15) is 18.7 Å². The predicted octanol–water partition coefficient (Wildman–Crippen LogP) is 4.48. The third-order valence-corrected chi connectivity index (χ3v) is 4.27. The zero-order valence-corrected chi connectivity index (χ0v) is 17.9. The lowest BCUT2D eigenvalue weighted by atomic mass is 9.99. The van der Waals surface area contributed by atoms with E-state index in [-0.39, 0.29) is 17.3 Å². The quantitative estimate of drug-likeness (QED) is 0.356. The molecule has 0 spiro atoms. The number of aromatic nitrogens is 1. The van der Waals surface area contributed by atoms with Crippen LogP contribution in [0.1, 0.15) is 35.5 Å². The van der Waals surface area contributed by atoms with Gasteiger partial charge in [-0.2, -0.15) is 13.2 Å². The van der Waals surface area contributed by atoms with E-state index in [4.69, 9.17) is 4.84 Å². The SMILES string of the molecule is CC.CO/N=C(/C(=O)OC)c1cccc(C)c1CO/N=C(/c1nccs1)C(F)(F)F. The highest BCUT2D eigenvalue weighted by Crippen LogP contribution is 2.25. The average Bonchev–Trinajstić information content (AvgIpc) is 3.24. The van der Waals surface area contributed by atoms with Crippen molar-refractivity contribution in [1.82, 2.24) is 4.98 Å². The first-order valence-corrected chi connectivity index (χ1v) is 9.62. The van der Waals surface area contributed by atoms with Gasteiger partial charge in [-0.25, -0.2) is 9.78 Å². The number of oxime groups is 2. The molecule has 30 heavy (non-hydrogen) atoms. The highest BCUT2D eigenvalue weighted by Gasteiger charge is 2.39. The molecule has 0 saturated carbocycles. The van der Waals surface area contributed by atoms with Crippen LogP contribution in [-0.2, 0) is 25.8 Å². The lowest BCUT2D eigenvalue weighted by Gasteiger charge is -2.13. The topological polar surface area (TPSA) is 82.4 Å². The van der Waals surface area contributed by atoms with Crippen LogP contribution in [0.15, 0.2) is 40.1 Å². The van der Waals surface area contributed by atoms with Crippen LogP contribution < -0.4 is 0 Å². The summed E-state index contributed by atoms with van der Waals surface area (Å²) in [6, 6.07) is 4.91. The summed E-state index contributed by atoms with van der Waals surface area (Å²) in [7, 11) is 2.43. The molecule has 164 valence electrons. The third-order valence-electron chi connectivity index (χ3n) is 3.49. The molecule has 2 aromatic rings. The first-order chi connectivity index (χ1) is 14.3. The Morgan fingerprint density at radius 1 is 1.20 bits per heavy atom. The summed E-state index contributed by atoms with van der Waals surface area (Å²) >= 11 is 0.790. The van der Waals surface area contributed by atoms with E-state index >= 15 is 0 Å². The van der Waals surface area contributed by atoms with Crippen molar-refractivity contribution in [2.24, 2.45) is 10.3 Å². The number of methoxy groups -OCH3 is 1. The summed E-state index contributed by atoms with van der Waals surface area (Å²) in [5.41, 5.74) is -0.0216. The summed E-state index contributed by atoms with van der Waals surface area (Å²) in [4.78, 5) is 25.3. The summed E-state index contributed by atoms with van der Waals surface area (Å²) in [6.07, 6.45) is -3.49. The number of hydrogen-bond donors (Lipinski definition) is 0. The number of esters is 1. The maximum Gasteiger partial charge on any atom is 0.439 e. The fourth-order valence-corrected chi connectivity index (χ4v) is 2.85. The first-order valence-electron chi connectivity index (χ1n) is 8.75. The predicted molar refractivity (Wildman–Crippen MR) is 108 cm³/mol. The minimum Gasteiger partial charge on any atom is -0.464 e. The number of hydrogen-bond acceptors (Lipinski definition) is 8. The molecular weight excluding hydrogens is 423 g/mol. The number of nitrogens with zero attached hydrogens (tertiary/aromatic N) is 3. The number of ether oxygens (including phenoxy) is 1. The van der Waals surface area contributed by atoms with Gasteiger partial charge < -0.3 is 14.4 Å². The van der Waals surface area contributed by atoms with E-state index in [1.165, 1.54) is 25.8 Å². The molecule has 0 saturated heterocycles. The second-order valence-electron chi connectivity index (χ2n) is 5.26. The Morgan fingerprint density at radius 2 is 1.90 bits per heavy atom. The van der Waals surface area contributed by atoms with E-state index in [1.54, 1.807) is 25.1 Å². The van der Waals surface area contributed by atoms with Gasteiger partial charge in [-0.05, 0) is 12.5 Å². The van der Waals surface area contributed by atoms with E-state index in [0.717, 1.165) is 11.3 Å². The van der Waals surface area contributed by atoms with Crippen LogP contribution >= 0.6 is 11.3 Å². The number of rotatable bonds is 7. The standard InChI is InChI=1S/C17H16F3N3O4S.C2H6/c1-10-5-4-6-11(13(22-26-3)16(24)25-2)12(10)9-27-23-14(17(18,19)20)15-21-7-8-28-15;1-2/h4-8H,9H2,1-3H3;1-2H3/b22-13+,23-14-;. The van der Waals surface area contributed by atoms with Gasteiger partial charge in [-0.3, -0.25) is 0 Å². The molecule has 0 aliphatic heterocycles. The average molecular weight is 445 g/mol. The van der Waals surface area contributed by atoms with Crippen molar-refractivity contribution in [2.45, 2.75) is 33.6 Å². The highest BCUT2D eigenvalue weighted by molar-refractivity contribution is 7.11. The van der Waals surface area contributed by atoms with Gasteiger partial charge in [0.05, 0.1) is 7.11 Å². The Morgan fingerprint density at radius 3 is 2.43 bits per heavy atom. The zero-order chi connectivity index (χ0) is 22.7. The minimum absolute atomic E-state index is 0.146. The summed E-state index contributed by atoms with van der Waals surface area (Å²) in [5.74, 6) is -0.768. The molecule has 0 amide bonds. The van der Waals surface area contributed by atoms with Gasteiger partial charge >= 0.3 is 12.1 Å². The monoisotopic (exact) mass is 445 g/mol. The number of halogens is 3. The van der Waals surface area contributed by atoms with E-state index < -0.39 is 17.9 Å². The van der Waals surface area contributed by atoms with Gasteiger partial charge in [0.2, 0.25) is 5.71 Å². The molecule has 1 heterocycles. The maximum atomic E-state index is 13.2. The lowest BCUT2D eigenvalue weighted by molar-refractivity contribution is -0.132. The molecule has 0 atom stereocenters. The van der Waals surface area contributed by atoms with Crippen LogP contribution in [0.4, 0.5) is 13.2 Å². The van der Waals surface area contributed by atoms with Gasteiger partial charge in [0.15, 0.2) is 5.71 Å². The minimum atomic E-state index is -4.74. The van der Waals surface area contributed by atoms with Crippen LogP contribution in [0.5, 0.6) is 0 Å². The Labute approximate surface area is 176 Å². The summed E-state index contributed by atoms with van der Waals surface area (Å²) in [6.45, 7) is 5.37. The van der Waals surface area contributed by atoms with Crippen molar-refractivity contribution in [3.05, 3.63) is 51.5 Å². The molecule has 7 nitrogen and oxygen atoms in total. The highest BCUT2D eigenvalue weighted by atomic mass is 32.1. The molecule has 0 aliphatic rings. The number of thiazole rings is 1. The molecule has 0 N–H and O–H groups in total. The Kier molecular flexibility index (Phi) is 9.96. The van der Waals surface area contributed by atoms with Gasteiger partial charge in [0, 0.05) is 22.7 Å². The third kappa shape index (κ3) is 6.55. The molecule has 0 aliphatic carbocycles. The van der Waals surface area contributed by atoms with E-state index in [9.17, 15) is 18.0 Å². The van der Waals surface area contributed by atoms with Crippen LogP contribution in [0.25, 0.3) is 0 Å². The summed E-state index contributed by atoms with van der Waals surface area (Å²) < 4.78 is 44.3. The second-order valence-corrected chi connectivity index (χ2v) is 6.16. The Balaban J connectivity index is 0.00000218. The van der Waals surface area contributed by atoms with E-state index in [0.29, 0.717) is 16.7 Å². The largest absolute Gasteiger partial charge is 0.464 e. The first kappa shape index (κ1) is 25.1.